The monoisotopic (exact) mass is 422 g/mol. The maximum absolute atomic E-state index is 11.1. The van der Waals surface area contributed by atoms with E-state index in [0.717, 1.165) is 51.4 Å². The fourth-order valence-corrected chi connectivity index (χ4v) is 5.31. The van der Waals surface area contributed by atoms with Crippen LogP contribution < -0.4 is 0 Å². The third-order valence-corrected chi connectivity index (χ3v) is 7.19. The number of ether oxygens (including phenoxy) is 4. The molecule has 1 aliphatic carbocycles. The van der Waals surface area contributed by atoms with Gasteiger partial charge in [0.25, 0.3) is 0 Å². The molecule has 5 nitrogen and oxygen atoms in total. The third kappa shape index (κ3) is 5.93. The summed E-state index contributed by atoms with van der Waals surface area (Å²) >= 11 is 0. The zero-order valence-corrected chi connectivity index (χ0v) is 19.3. The van der Waals surface area contributed by atoms with Gasteiger partial charge >= 0.3 is 0 Å². The Bertz CT molecular complexity index is 546. The summed E-state index contributed by atoms with van der Waals surface area (Å²) in [4.78, 5) is 11.1. The molecule has 0 bridgehead atoms. The Balaban J connectivity index is 1.73. The van der Waals surface area contributed by atoms with E-state index in [2.05, 4.69) is 32.9 Å². The molecule has 4 unspecified atom stereocenters. The van der Waals surface area contributed by atoms with Gasteiger partial charge in [-0.15, -0.1) is 0 Å². The summed E-state index contributed by atoms with van der Waals surface area (Å²) < 4.78 is 24.5. The second-order valence-corrected chi connectivity index (χ2v) is 9.89. The highest BCUT2D eigenvalue weighted by Gasteiger charge is 2.51. The van der Waals surface area contributed by atoms with Crippen LogP contribution in [0.1, 0.15) is 85.0 Å². The van der Waals surface area contributed by atoms with Gasteiger partial charge in [0.1, 0.15) is 6.29 Å². The maximum atomic E-state index is 11.1. The molecule has 2 aliphatic heterocycles. The number of unbranched alkanes of at least 4 members (excludes halogenated alkanes) is 1. The van der Waals surface area contributed by atoms with Crippen LogP contribution in [0.2, 0.25) is 0 Å². The fourth-order valence-electron chi connectivity index (χ4n) is 5.31. The minimum absolute atomic E-state index is 0.0147. The number of aldehydes is 1. The van der Waals surface area contributed by atoms with Crippen LogP contribution in [-0.2, 0) is 23.7 Å². The number of hydrogen-bond acceptors (Lipinski definition) is 5. The van der Waals surface area contributed by atoms with Gasteiger partial charge in [0.15, 0.2) is 12.1 Å². The van der Waals surface area contributed by atoms with Gasteiger partial charge in [0.05, 0.1) is 19.3 Å². The smallest absolute Gasteiger partial charge is 0.171 e. The average molecular weight is 423 g/mol. The van der Waals surface area contributed by atoms with Crippen molar-refractivity contribution in [3.63, 3.8) is 0 Å². The van der Waals surface area contributed by atoms with Crippen molar-refractivity contribution in [1.29, 1.82) is 0 Å². The first-order valence-corrected chi connectivity index (χ1v) is 12.2. The molecule has 0 N–H and O–H groups in total. The summed E-state index contributed by atoms with van der Waals surface area (Å²) in [5.41, 5.74) is 0.0439. The van der Waals surface area contributed by atoms with Crippen LogP contribution >= 0.6 is 0 Å². The topological polar surface area (TPSA) is 54.0 Å². The normalized spacial score (nSPS) is 30.3. The summed E-state index contributed by atoms with van der Waals surface area (Å²) in [6.45, 7) is 8.96. The molecule has 3 aliphatic rings. The van der Waals surface area contributed by atoms with Gasteiger partial charge in [-0.1, -0.05) is 45.8 Å². The van der Waals surface area contributed by atoms with E-state index in [0.29, 0.717) is 25.6 Å². The Hall–Kier alpha value is -0.750. The van der Waals surface area contributed by atoms with Crippen molar-refractivity contribution >= 4 is 6.29 Å². The Morgan fingerprint density at radius 1 is 1.17 bits per heavy atom. The molecule has 172 valence electrons. The lowest BCUT2D eigenvalue weighted by Gasteiger charge is -2.36. The molecule has 0 aromatic carbocycles. The van der Waals surface area contributed by atoms with Gasteiger partial charge < -0.3 is 23.7 Å². The maximum Gasteiger partial charge on any atom is 0.171 e. The summed E-state index contributed by atoms with van der Waals surface area (Å²) in [5, 5.41) is 0. The number of allylic oxidation sites excluding steroid dienone is 1. The van der Waals surface area contributed by atoms with Crippen molar-refractivity contribution in [3.05, 3.63) is 12.2 Å². The SMILES string of the molecule is CCCCC(C)(C)C(/C=C/C1CCC2(OCCO2)C1CCC=O)OC1CCCCO1. The van der Waals surface area contributed by atoms with Crippen LogP contribution in [-0.4, -0.2) is 44.3 Å². The molecule has 30 heavy (non-hydrogen) atoms. The van der Waals surface area contributed by atoms with Crippen molar-refractivity contribution in [3.8, 4) is 0 Å². The summed E-state index contributed by atoms with van der Waals surface area (Å²) in [6, 6.07) is 0. The Labute approximate surface area is 182 Å². The highest BCUT2D eigenvalue weighted by molar-refractivity contribution is 5.49. The number of carbonyl (C=O) groups is 1. The average Bonchev–Trinajstić information content (AvgIpc) is 3.36. The summed E-state index contributed by atoms with van der Waals surface area (Å²) in [7, 11) is 0. The minimum Gasteiger partial charge on any atom is -0.353 e. The highest BCUT2D eigenvalue weighted by Crippen LogP contribution is 2.48. The van der Waals surface area contributed by atoms with E-state index in [1.165, 1.54) is 19.3 Å². The van der Waals surface area contributed by atoms with E-state index >= 15 is 0 Å². The second kappa shape index (κ2) is 11.2. The zero-order chi connectivity index (χ0) is 21.5. The molecular weight excluding hydrogens is 380 g/mol. The largest absolute Gasteiger partial charge is 0.353 e. The summed E-state index contributed by atoms with van der Waals surface area (Å²) in [6.07, 6.45) is 15.6. The molecule has 2 saturated heterocycles. The third-order valence-electron chi connectivity index (χ3n) is 7.19. The molecule has 0 radical (unpaired) electrons. The van der Waals surface area contributed by atoms with Crippen molar-refractivity contribution in [2.24, 2.45) is 17.3 Å². The van der Waals surface area contributed by atoms with Crippen molar-refractivity contribution in [1.82, 2.24) is 0 Å². The molecule has 3 fully saturated rings. The molecule has 2 heterocycles. The predicted molar refractivity (Wildman–Crippen MR) is 117 cm³/mol. The lowest BCUT2D eigenvalue weighted by atomic mass is 9.80. The minimum atomic E-state index is -0.488. The highest BCUT2D eigenvalue weighted by atomic mass is 16.7. The Morgan fingerprint density at radius 3 is 2.63 bits per heavy atom. The molecule has 5 heteroatoms. The first kappa shape index (κ1) is 23.9. The second-order valence-electron chi connectivity index (χ2n) is 9.89. The Kier molecular flexibility index (Phi) is 8.94. The lowest BCUT2D eigenvalue weighted by Crippen LogP contribution is -2.37. The first-order valence-electron chi connectivity index (χ1n) is 12.2. The van der Waals surface area contributed by atoms with Crippen LogP contribution in [0.25, 0.3) is 0 Å². The van der Waals surface area contributed by atoms with Crippen LogP contribution in [0.15, 0.2) is 12.2 Å². The fraction of sp³-hybridized carbons (Fsp3) is 0.880. The van der Waals surface area contributed by atoms with E-state index in [-0.39, 0.29) is 23.7 Å². The van der Waals surface area contributed by atoms with Gasteiger partial charge in [0, 0.05) is 25.4 Å². The van der Waals surface area contributed by atoms with E-state index in [1.54, 1.807) is 0 Å². The standard InChI is InChI=1S/C25H42O5/c1-4-5-14-24(2,3)22(30-23-10-6-7-17-27-23)12-11-20-13-15-25(28-18-19-29-25)21(20)9-8-16-26/h11-12,16,20-23H,4-10,13-15,17-19H2,1-3H3/b12-11+. The van der Waals surface area contributed by atoms with E-state index in [4.69, 9.17) is 18.9 Å². The number of carbonyl (C=O) groups excluding carboxylic acids is 1. The predicted octanol–water partition coefficient (Wildman–Crippen LogP) is 5.42. The molecule has 1 spiro atoms. The van der Waals surface area contributed by atoms with Crippen molar-refractivity contribution in [2.75, 3.05) is 19.8 Å². The number of rotatable bonds is 11. The van der Waals surface area contributed by atoms with Gasteiger partial charge in [-0.2, -0.15) is 0 Å². The first-order chi connectivity index (χ1) is 14.5. The Morgan fingerprint density at radius 2 is 1.97 bits per heavy atom. The lowest BCUT2D eigenvalue weighted by molar-refractivity contribution is -0.198. The zero-order valence-electron chi connectivity index (χ0n) is 19.3. The molecule has 0 amide bonds. The van der Waals surface area contributed by atoms with Crippen LogP contribution in [0, 0.1) is 17.3 Å². The molecule has 4 atom stereocenters. The van der Waals surface area contributed by atoms with Crippen molar-refractivity contribution < 1.29 is 23.7 Å². The van der Waals surface area contributed by atoms with Gasteiger partial charge in [-0.25, -0.2) is 0 Å². The van der Waals surface area contributed by atoms with Crippen LogP contribution in [0.5, 0.6) is 0 Å². The van der Waals surface area contributed by atoms with Crippen molar-refractivity contribution in [2.45, 2.75) is 103 Å². The molecule has 0 aromatic rings. The van der Waals surface area contributed by atoms with E-state index in [1.807, 2.05) is 0 Å². The van der Waals surface area contributed by atoms with E-state index in [9.17, 15) is 4.79 Å². The molecule has 1 saturated carbocycles. The van der Waals surface area contributed by atoms with Crippen LogP contribution in [0.4, 0.5) is 0 Å². The quantitative estimate of drug-likeness (QED) is 0.329. The van der Waals surface area contributed by atoms with Gasteiger partial charge in [-0.3, -0.25) is 0 Å². The molecule has 3 rings (SSSR count). The van der Waals surface area contributed by atoms with Gasteiger partial charge in [0.2, 0.25) is 0 Å². The number of hydrogen-bond donors (Lipinski definition) is 0. The van der Waals surface area contributed by atoms with E-state index < -0.39 is 5.79 Å². The van der Waals surface area contributed by atoms with Gasteiger partial charge in [-0.05, 0) is 49.9 Å². The van der Waals surface area contributed by atoms with Crippen LogP contribution in [0.3, 0.4) is 0 Å². The molecule has 0 aromatic heterocycles. The molecular formula is C25H42O5. The summed E-state index contributed by atoms with van der Waals surface area (Å²) in [5.74, 6) is 0.0914.